The zero-order chi connectivity index (χ0) is 13.7. The number of hydrogen-bond acceptors (Lipinski definition) is 4. The molecule has 1 aromatic rings. The Balaban J connectivity index is 1.98. The van der Waals surface area contributed by atoms with Crippen molar-refractivity contribution in [1.29, 1.82) is 0 Å². The first kappa shape index (κ1) is 14.5. The van der Waals surface area contributed by atoms with Crippen LogP contribution in [-0.4, -0.2) is 35.1 Å². The van der Waals surface area contributed by atoms with Crippen LogP contribution in [0, 0.1) is 0 Å². The van der Waals surface area contributed by atoms with E-state index in [0.29, 0.717) is 11.3 Å². The number of nitrogens with zero attached hydrogens (tertiary/aromatic N) is 2. The average molecular weight is 279 g/mol. The maximum absolute atomic E-state index is 4.57. The average Bonchev–Trinajstić information content (AvgIpc) is 2.44. The fraction of sp³-hybridized carbons (Fsp3) is 0.667. The van der Waals surface area contributed by atoms with E-state index in [1.807, 2.05) is 6.20 Å². The molecule has 3 nitrogen and oxygen atoms in total. The maximum Gasteiger partial charge on any atom is 0.128 e. The van der Waals surface area contributed by atoms with E-state index >= 15 is 0 Å². The van der Waals surface area contributed by atoms with Crippen molar-refractivity contribution < 1.29 is 0 Å². The van der Waals surface area contributed by atoms with E-state index < -0.39 is 0 Å². The molecule has 2 atom stereocenters. The Morgan fingerprint density at radius 1 is 1.37 bits per heavy atom. The minimum absolute atomic E-state index is 0.583. The number of aromatic nitrogens is 1. The molecule has 2 heterocycles. The number of anilines is 2. The van der Waals surface area contributed by atoms with Crippen molar-refractivity contribution >= 4 is 23.3 Å². The molecular formula is C15H25N3S. The predicted molar refractivity (Wildman–Crippen MR) is 86.4 cm³/mol. The largest absolute Gasteiger partial charge is 0.380 e. The summed E-state index contributed by atoms with van der Waals surface area (Å²) in [7, 11) is 0. The summed E-state index contributed by atoms with van der Waals surface area (Å²) < 4.78 is 0. The van der Waals surface area contributed by atoms with Crippen molar-refractivity contribution in [1.82, 2.24) is 4.98 Å². The van der Waals surface area contributed by atoms with Crippen LogP contribution in [0.15, 0.2) is 18.3 Å². The van der Waals surface area contributed by atoms with E-state index in [2.05, 4.69) is 59.9 Å². The summed E-state index contributed by atoms with van der Waals surface area (Å²) in [4.78, 5) is 6.83. The number of rotatable bonds is 5. The highest BCUT2D eigenvalue weighted by Gasteiger charge is 2.21. The van der Waals surface area contributed by atoms with Gasteiger partial charge in [-0.15, -0.1) is 0 Å². The van der Waals surface area contributed by atoms with Crippen LogP contribution >= 0.6 is 11.8 Å². The highest BCUT2D eigenvalue weighted by Crippen LogP contribution is 2.27. The molecule has 0 spiro atoms. The van der Waals surface area contributed by atoms with Crippen LogP contribution in [0.4, 0.5) is 11.5 Å². The molecule has 0 bridgehead atoms. The quantitative estimate of drug-likeness (QED) is 0.891. The van der Waals surface area contributed by atoms with Gasteiger partial charge in [-0.05, 0) is 44.6 Å². The number of hydrogen-bond donors (Lipinski definition) is 1. The first-order valence-electron chi connectivity index (χ1n) is 7.33. The molecule has 106 valence electrons. The summed E-state index contributed by atoms with van der Waals surface area (Å²) in [5.74, 6) is 2.38. The van der Waals surface area contributed by atoms with Crippen molar-refractivity contribution in [2.45, 2.75) is 44.9 Å². The van der Waals surface area contributed by atoms with Crippen LogP contribution < -0.4 is 10.2 Å². The Kier molecular flexibility index (Phi) is 5.37. The lowest BCUT2D eigenvalue weighted by Gasteiger charge is -2.30. The summed E-state index contributed by atoms with van der Waals surface area (Å²) in [6.07, 6.45) is 4.56. The Bertz CT molecular complexity index is 375. The first-order valence-corrected chi connectivity index (χ1v) is 8.38. The normalized spacial score (nSPS) is 23.1. The number of nitrogens with one attached hydrogen (secondary N) is 1. The molecule has 2 rings (SSSR count). The summed E-state index contributed by atoms with van der Waals surface area (Å²) in [5, 5.41) is 4.32. The molecule has 0 radical (unpaired) electrons. The van der Waals surface area contributed by atoms with Gasteiger partial charge in [-0.2, -0.15) is 11.8 Å². The second kappa shape index (κ2) is 7.04. The summed E-state index contributed by atoms with van der Waals surface area (Å²) in [6, 6.07) is 4.86. The standard InChI is InChI=1S/C15H25N3S/c1-4-18(5-2)15-9-8-13(11-16-15)17-14-7-6-10-19-12(14)3/h8-9,11-12,14,17H,4-7,10H2,1-3H3. The van der Waals surface area contributed by atoms with Gasteiger partial charge in [-0.25, -0.2) is 4.98 Å². The predicted octanol–water partition coefficient (Wildman–Crippen LogP) is 3.62. The molecule has 1 aliphatic heterocycles. The van der Waals surface area contributed by atoms with E-state index in [1.54, 1.807) is 0 Å². The van der Waals surface area contributed by atoms with Crippen molar-refractivity contribution in [2.24, 2.45) is 0 Å². The van der Waals surface area contributed by atoms with Gasteiger partial charge in [0, 0.05) is 24.4 Å². The molecule has 2 unspecified atom stereocenters. The number of thioether (sulfide) groups is 1. The van der Waals surface area contributed by atoms with Gasteiger partial charge in [0.25, 0.3) is 0 Å². The van der Waals surface area contributed by atoms with E-state index in [0.717, 1.165) is 24.6 Å². The minimum Gasteiger partial charge on any atom is -0.380 e. The van der Waals surface area contributed by atoms with Gasteiger partial charge in [-0.3, -0.25) is 0 Å². The monoisotopic (exact) mass is 279 g/mol. The molecule has 0 saturated carbocycles. The minimum atomic E-state index is 0.583. The van der Waals surface area contributed by atoms with Gasteiger partial charge in [-0.1, -0.05) is 6.92 Å². The highest BCUT2D eigenvalue weighted by molar-refractivity contribution is 8.00. The zero-order valence-corrected chi connectivity index (χ0v) is 13.0. The molecular weight excluding hydrogens is 254 g/mol. The third-order valence-corrected chi connectivity index (χ3v) is 5.17. The zero-order valence-electron chi connectivity index (χ0n) is 12.2. The molecule has 19 heavy (non-hydrogen) atoms. The molecule has 1 aliphatic rings. The summed E-state index contributed by atoms with van der Waals surface area (Å²) in [6.45, 7) is 8.66. The van der Waals surface area contributed by atoms with Crippen LogP contribution in [0.25, 0.3) is 0 Å². The maximum atomic E-state index is 4.57. The fourth-order valence-electron chi connectivity index (χ4n) is 2.53. The fourth-order valence-corrected chi connectivity index (χ4v) is 3.67. The van der Waals surface area contributed by atoms with Crippen LogP contribution in [0.3, 0.4) is 0 Å². The molecule has 1 aromatic heterocycles. The molecule has 1 saturated heterocycles. The van der Waals surface area contributed by atoms with Gasteiger partial charge in [0.05, 0.1) is 11.9 Å². The van der Waals surface area contributed by atoms with Gasteiger partial charge in [0.1, 0.15) is 5.82 Å². The molecule has 1 N–H and O–H groups in total. The summed E-state index contributed by atoms with van der Waals surface area (Å²) >= 11 is 2.07. The first-order chi connectivity index (χ1) is 9.24. The Morgan fingerprint density at radius 2 is 2.16 bits per heavy atom. The summed E-state index contributed by atoms with van der Waals surface area (Å²) in [5.41, 5.74) is 1.15. The van der Waals surface area contributed by atoms with Crippen molar-refractivity contribution in [3.8, 4) is 0 Å². The Morgan fingerprint density at radius 3 is 2.74 bits per heavy atom. The topological polar surface area (TPSA) is 28.2 Å². The van der Waals surface area contributed by atoms with Crippen LogP contribution in [0.5, 0.6) is 0 Å². The number of pyridine rings is 1. The second-order valence-electron chi connectivity index (χ2n) is 5.05. The SMILES string of the molecule is CCN(CC)c1ccc(NC2CCCSC2C)cn1. The molecule has 0 aromatic carbocycles. The third-order valence-electron chi connectivity index (χ3n) is 3.79. The van der Waals surface area contributed by atoms with Crippen LogP contribution in [0.2, 0.25) is 0 Å². The van der Waals surface area contributed by atoms with E-state index in [-0.39, 0.29) is 0 Å². The highest BCUT2D eigenvalue weighted by atomic mass is 32.2. The Hall–Kier alpha value is -0.900. The van der Waals surface area contributed by atoms with Crippen molar-refractivity contribution in [2.75, 3.05) is 29.1 Å². The third kappa shape index (κ3) is 3.78. The lowest BCUT2D eigenvalue weighted by Crippen LogP contribution is -2.32. The lowest BCUT2D eigenvalue weighted by atomic mass is 10.1. The molecule has 0 aliphatic carbocycles. The second-order valence-corrected chi connectivity index (χ2v) is 6.53. The van der Waals surface area contributed by atoms with Crippen LogP contribution in [-0.2, 0) is 0 Å². The molecule has 0 amide bonds. The van der Waals surface area contributed by atoms with E-state index in [1.165, 1.54) is 18.6 Å². The van der Waals surface area contributed by atoms with Crippen molar-refractivity contribution in [3.05, 3.63) is 18.3 Å². The lowest BCUT2D eigenvalue weighted by molar-refractivity contribution is 0.617. The van der Waals surface area contributed by atoms with Gasteiger partial charge >= 0.3 is 0 Å². The van der Waals surface area contributed by atoms with E-state index in [4.69, 9.17) is 0 Å². The van der Waals surface area contributed by atoms with E-state index in [9.17, 15) is 0 Å². The smallest absolute Gasteiger partial charge is 0.128 e. The van der Waals surface area contributed by atoms with Crippen LogP contribution in [0.1, 0.15) is 33.6 Å². The van der Waals surface area contributed by atoms with Gasteiger partial charge < -0.3 is 10.2 Å². The van der Waals surface area contributed by atoms with Crippen molar-refractivity contribution in [3.63, 3.8) is 0 Å². The molecule has 4 heteroatoms. The molecule has 1 fully saturated rings. The van der Waals surface area contributed by atoms with Gasteiger partial charge in [0.2, 0.25) is 0 Å². The Labute approximate surface area is 121 Å². The van der Waals surface area contributed by atoms with Gasteiger partial charge in [0.15, 0.2) is 0 Å².